The van der Waals surface area contributed by atoms with Gasteiger partial charge in [-0.3, -0.25) is 0 Å². The highest BCUT2D eigenvalue weighted by Crippen LogP contribution is 2.13. The van der Waals surface area contributed by atoms with Gasteiger partial charge in [-0.1, -0.05) is 12.1 Å². The summed E-state index contributed by atoms with van der Waals surface area (Å²) >= 11 is 0. The molecule has 7 nitrogen and oxygen atoms in total. The second-order valence-electron chi connectivity index (χ2n) is 4.42. The first kappa shape index (κ1) is 14.5. The second kappa shape index (κ2) is 5.59. The number of sulfonamides is 1. The molecule has 0 aliphatic heterocycles. The third kappa shape index (κ3) is 3.34. The zero-order valence-electron chi connectivity index (χ0n) is 11.3. The Hall–Kier alpha value is -1.93. The Bertz CT molecular complexity index is 709. The Labute approximate surface area is 117 Å². The third-order valence-electron chi connectivity index (χ3n) is 2.76. The van der Waals surface area contributed by atoms with Crippen LogP contribution in [0.1, 0.15) is 11.4 Å². The minimum atomic E-state index is -3.85. The monoisotopic (exact) mass is 296 g/mol. The van der Waals surface area contributed by atoms with Crippen molar-refractivity contribution in [1.29, 1.82) is 0 Å². The van der Waals surface area contributed by atoms with Crippen LogP contribution in [-0.4, -0.2) is 29.8 Å². The van der Waals surface area contributed by atoms with E-state index in [0.717, 1.165) is 11.3 Å². The van der Waals surface area contributed by atoms with Crippen molar-refractivity contribution in [2.24, 2.45) is 12.2 Å². The summed E-state index contributed by atoms with van der Waals surface area (Å²) in [5, 5.41) is 12.2. The Morgan fingerprint density at radius 2 is 2.10 bits per heavy atom. The van der Waals surface area contributed by atoms with Crippen molar-refractivity contribution in [3.8, 4) is 5.75 Å². The van der Waals surface area contributed by atoms with Gasteiger partial charge < -0.3 is 9.30 Å². The van der Waals surface area contributed by atoms with E-state index in [2.05, 4.69) is 10.2 Å². The fourth-order valence-electron chi connectivity index (χ4n) is 1.78. The van der Waals surface area contributed by atoms with Crippen molar-refractivity contribution in [1.82, 2.24) is 14.8 Å². The van der Waals surface area contributed by atoms with Gasteiger partial charge in [0.25, 0.3) is 15.2 Å². The quantitative estimate of drug-likeness (QED) is 0.860. The maximum atomic E-state index is 11.2. The van der Waals surface area contributed by atoms with Crippen LogP contribution in [0.5, 0.6) is 5.75 Å². The standard InChI is InChI=1S/C12H16N4O3S/c1-9-4-3-5-10(8-9)19-7-6-11-14-15-12(16(11)2)20(13,17)18/h3-5,8H,6-7H2,1-2H3,(H2,13,17,18). The van der Waals surface area contributed by atoms with Crippen molar-refractivity contribution in [2.45, 2.75) is 18.5 Å². The molecule has 1 aromatic carbocycles. The lowest BCUT2D eigenvalue weighted by atomic mass is 10.2. The number of hydrogen-bond donors (Lipinski definition) is 1. The van der Waals surface area contributed by atoms with Gasteiger partial charge in [-0.05, 0) is 24.6 Å². The molecule has 0 fully saturated rings. The highest BCUT2D eigenvalue weighted by molar-refractivity contribution is 7.89. The number of ether oxygens (including phenoxy) is 1. The zero-order valence-corrected chi connectivity index (χ0v) is 12.1. The largest absolute Gasteiger partial charge is 0.493 e. The maximum Gasteiger partial charge on any atom is 0.273 e. The van der Waals surface area contributed by atoms with Crippen molar-refractivity contribution in [3.63, 3.8) is 0 Å². The zero-order chi connectivity index (χ0) is 14.8. The summed E-state index contributed by atoms with van der Waals surface area (Å²) in [7, 11) is -2.29. The van der Waals surface area contributed by atoms with Crippen LogP contribution in [-0.2, 0) is 23.5 Å². The normalized spacial score (nSPS) is 11.6. The molecule has 0 atom stereocenters. The number of hydrogen-bond acceptors (Lipinski definition) is 5. The Morgan fingerprint density at radius 3 is 2.70 bits per heavy atom. The number of aryl methyl sites for hydroxylation is 1. The van der Waals surface area contributed by atoms with Crippen LogP contribution < -0.4 is 9.88 Å². The molecule has 0 amide bonds. The average molecular weight is 296 g/mol. The van der Waals surface area contributed by atoms with E-state index in [1.807, 2.05) is 31.2 Å². The fraction of sp³-hybridized carbons (Fsp3) is 0.333. The first-order valence-corrected chi connectivity index (χ1v) is 7.53. The summed E-state index contributed by atoms with van der Waals surface area (Å²) in [4.78, 5) is 0. The predicted molar refractivity (Wildman–Crippen MR) is 72.8 cm³/mol. The maximum absolute atomic E-state index is 11.2. The van der Waals surface area contributed by atoms with Gasteiger partial charge in [0.1, 0.15) is 11.6 Å². The molecule has 2 rings (SSSR count). The van der Waals surface area contributed by atoms with Gasteiger partial charge in [-0.15, -0.1) is 10.2 Å². The van der Waals surface area contributed by atoms with E-state index in [4.69, 9.17) is 9.88 Å². The van der Waals surface area contributed by atoms with Crippen LogP contribution in [0.3, 0.4) is 0 Å². The fourth-order valence-corrected chi connectivity index (χ4v) is 2.42. The molecule has 8 heteroatoms. The Kier molecular flexibility index (Phi) is 4.05. The lowest BCUT2D eigenvalue weighted by molar-refractivity contribution is 0.317. The molecule has 1 aromatic heterocycles. The first-order chi connectivity index (χ1) is 9.38. The molecule has 0 saturated heterocycles. The first-order valence-electron chi connectivity index (χ1n) is 5.98. The summed E-state index contributed by atoms with van der Waals surface area (Å²) in [6, 6.07) is 7.67. The number of benzene rings is 1. The third-order valence-corrected chi connectivity index (χ3v) is 3.63. The number of primary sulfonamides is 1. The SMILES string of the molecule is Cc1cccc(OCCc2nnc(S(N)(=O)=O)n2C)c1. The topological polar surface area (TPSA) is 100 Å². The molecule has 108 valence electrons. The summed E-state index contributed by atoms with van der Waals surface area (Å²) in [6.07, 6.45) is 0.437. The summed E-state index contributed by atoms with van der Waals surface area (Å²) in [6.45, 7) is 2.36. The molecule has 0 aliphatic rings. The molecular weight excluding hydrogens is 280 g/mol. The van der Waals surface area contributed by atoms with Gasteiger partial charge in [0.2, 0.25) is 0 Å². The van der Waals surface area contributed by atoms with E-state index in [-0.39, 0.29) is 5.16 Å². The highest BCUT2D eigenvalue weighted by Gasteiger charge is 2.18. The van der Waals surface area contributed by atoms with Gasteiger partial charge in [-0.2, -0.15) is 0 Å². The molecule has 20 heavy (non-hydrogen) atoms. The molecule has 0 saturated carbocycles. The van der Waals surface area contributed by atoms with E-state index in [0.29, 0.717) is 18.9 Å². The van der Waals surface area contributed by atoms with Crippen LogP contribution in [0.25, 0.3) is 0 Å². The predicted octanol–water partition coefficient (Wildman–Crippen LogP) is 0.392. The average Bonchev–Trinajstić information content (AvgIpc) is 2.71. The number of nitrogens with zero attached hydrogens (tertiary/aromatic N) is 3. The summed E-state index contributed by atoms with van der Waals surface area (Å²) in [5.74, 6) is 1.26. The van der Waals surface area contributed by atoms with Crippen LogP contribution in [0.4, 0.5) is 0 Å². The molecule has 0 spiro atoms. The number of nitrogens with two attached hydrogens (primary N) is 1. The van der Waals surface area contributed by atoms with Crippen LogP contribution in [0, 0.1) is 6.92 Å². The van der Waals surface area contributed by atoms with E-state index in [9.17, 15) is 8.42 Å². The molecule has 0 bridgehead atoms. The Balaban J connectivity index is 2.00. The van der Waals surface area contributed by atoms with E-state index < -0.39 is 10.0 Å². The lowest BCUT2D eigenvalue weighted by Gasteiger charge is -2.06. The van der Waals surface area contributed by atoms with Crippen molar-refractivity contribution >= 4 is 10.0 Å². The van der Waals surface area contributed by atoms with Crippen LogP contribution in [0.15, 0.2) is 29.4 Å². The van der Waals surface area contributed by atoms with Gasteiger partial charge in [0.15, 0.2) is 0 Å². The van der Waals surface area contributed by atoms with Gasteiger partial charge in [0.05, 0.1) is 6.61 Å². The highest BCUT2D eigenvalue weighted by atomic mass is 32.2. The second-order valence-corrected chi connectivity index (χ2v) is 5.87. The molecule has 1 heterocycles. The molecular formula is C12H16N4O3S. The van der Waals surface area contributed by atoms with E-state index in [1.165, 1.54) is 4.57 Å². The van der Waals surface area contributed by atoms with Crippen molar-refractivity contribution in [2.75, 3.05) is 6.61 Å². The minimum absolute atomic E-state index is 0.247. The van der Waals surface area contributed by atoms with E-state index in [1.54, 1.807) is 7.05 Å². The number of aromatic nitrogens is 3. The smallest absolute Gasteiger partial charge is 0.273 e. The molecule has 0 unspecified atom stereocenters. The van der Waals surface area contributed by atoms with Gasteiger partial charge in [0, 0.05) is 13.5 Å². The Morgan fingerprint density at radius 1 is 1.35 bits per heavy atom. The minimum Gasteiger partial charge on any atom is -0.493 e. The van der Waals surface area contributed by atoms with Crippen molar-refractivity contribution in [3.05, 3.63) is 35.7 Å². The molecule has 0 radical (unpaired) electrons. The summed E-state index contributed by atoms with van der Waals surface area (Å²) in [5.41, 5.74) is 1.11. The summed E-state index contributed by atoms with van der Waals surface area (Å²) < 4.78 is 29.4. The number of rotatable bonds is 5. The van der Waals surface area contributed by atoms with Crippen LogP contribution in [0.2, 0.25) is 0 Å². The molecule has 0 aliphatic carbocycles. The molecule has 2 N–H and O–H groups in total. The molecule has 2 aromatic rings. The van der Waals surface area contributed by atoms with Crippen molar-refractivity contribution < 1.29 is 13.2 Å². The van der Waals surface area contributed by atoms with E-state index >= 15 is 0 Å². The lowest BCUT2D eigenvalue weighted by Crippen LogP contribution is -2.18. The van der Waals surface area contributed by atoms with Gasteiger partial charge in [-0.25, -0.2) is 13.6 Å². The van der Waals surface area contributed by atoms with Gasteiger partial charge >= 0.3 is 0 Å². The van der Waals surface area contributed by atoms with Crippen LogP contribution >= 0.6 is 0 Å².